The molecule has 2 heterocycles. The second-order valence-electron chi connectivity index (χ2n) is 16.8. The summed E-state index contributed by atoms with van der Waals surface area (Å²) in [5, 5.41) is 9.54. The van der Waals surface area contributed by atoms with E-state index in [4.69, 9.17) is 4.42 Å². The van der Waals surface area contributed by atoms with Crippen LogP contribution >= 0.6 is 11.3 Å². The Morgan fingerprint density at radius 3 is 1.77 bits per heavy atom. The monoisotopic (exact) mass is 845 g/mol. The lowest BCUT2D eigenvalue weighted by atomic mass is 9.93. The lowest BCUT2D eigenvalue weighted by molar-refractivity contribution is 0.669. The lowest BCUT2D eigenvalue weighted by Gasteiger charge is -2.27. The molecule has 2 aromatic heterocycles. The number of rotatable bonds is 7. The minimum atomic E-state index is 0.863. The van der Waals surface area contributed by atoms with Crippen molar-refractivity contribution in [1.29, 1.82) is 0 Å². The Balaban J connectivity index is 0.998. The summed E-state index contributed by atoms with van der Waals surface area (Å²) in [5.41, 5.74) is 14.7. The van der Waals surface area contributed by atoms with E-state index >= 15 is 0 Å². The van der Waals surface area contributed by atoms with Crippen LogP contribution in [0.3, 0.4) is 0 Å². The predicted molar refractivity (Wildman–Crippen MR) is 278 cm³/mol. The number of nitrogens with zero attached hydrogens (tertiary/aromatic N) is 1. The van der Waals surface area contributed by atoms with E-state index in [1.807, 2.05) is 11.3 Å². The SMILES string of the molecule is c1ccc(-c2ccc3cccc(-c4ccc(N(c5ccc6c(c5)oc5cc7ccccc7cc56)c5cccc6sc7c(-c8ccccc8-c8ccccc8)cccc7c56)cc4)c3c2)cc1. The van der Waals surface area contributed by atoms with Crippen LogP contribution in [0.5, 0.6) is 0 Å². The Kier molecular flexibility index (Phi) is 8.75. The molecule has 0 aliphatic rings. The van der Waals surface area contributed by atoms with Gasteiger partial charge in [0.05, 0.1) is 5.69 Å². The van der Waals surface area contributed by atoms with E-state index in [9.17, 15) is 0 Å². The Morgan fingerprint density at radius 2 is 0.938 bits per heavy atom. The molecule has 0 N–H and O–H groups in total. The molecule has 0 amide bonds. The topological polar surface area (TPSA) is 16.4 Å². The summed E-state index contributed by atoms with van der Waals surface area (Å²) in [4.78, 5) is 2.42. The van der Waals surface area contributed by atoms with E-state index in [-0.39, 0.29) is 0 Å². The molecule has 0 fully saturated rings. The standard InChI is InChI=1S/C62H39NOS/c1-3-14-40(15-4-1)46-29-28-42-20-11-23-50(55(42)36-46)43-30-32-47(33-31-43)63(48-34-35-52-56-37-44-18-7-8-19-45(44)38-58(56)64-59(52)39-48)57-26-13-27-60-61(57)54-25-12-24-53(62(54)65-60)51-22-10-9-21-49(51)41-16-5-2-6-17-41/h1-39H. The molecule has 65 heavy (non-hydrogen) atoms. The van der Waals surface area contributed by atoms with Crippen molar-refractivity contribution in [2.45, 2.75) is 0 Å². The Labute approximate surface area is 380 Å². The molecule has 0 aliphatic carbocycles. The van der Waals surface area contributed by atoms with E-state index in [1.54, 1.807) is 0 Å². The molecule has 0 radical (unpaired) electrons. The first kappa shape index (κ1) is 37.3. The van der Waals surface area contributed by atoms with Crippen LogP contribution in [0.4, 0.5) is 17.1 Å². The molecule has 0 saturated heterocycles. The quantitative estimate of drug-likeness (QED) is 0.159. The normalized spacial score (nSPS) is 11.7. The third-order valence-electron chi connectivity index (χ3n) is 13.1. The summed E-state index contributed by atoms with van der Waals surface area (Å²) in [6, 6.07) is 85.9. The molecule has 304 valence electrons. The zero-order chi connectivity index (χ0) is 42.8. The molecule has 2 nitrogen and oxygen atoms in total. The molecule has 3 heteroatoms. The molecular formula is C62H39NOS. The first-order chi connectivity index (χ1) is 32.2. The fourth-order valence-electron chi connectivity index (χ4n) is 9.96. The third-order valence-corrected chi connectivity index (χ3v) is 14.3. The highest BCUT2D eigenvalue weighted by Crippen LogP contribution is 2.49. The lowest BCUT2D eigenvalue weighted by Crippen LogP contribution is -2.10. The summed E-state index contributed by atoms with van der Waals surface area (Å²) < 4.78 is 9.23. The van der Waals surface area contributed by atoms with Crippen molar-refractivity contribution in [3.05, 3.63) is 237 Å². The number of fused-ring (bicyclic) bond motifs is 8. The average Bonchev–Trinajstić information content (AvgIpc) is 3.94. The maximum absolute atomic E-state index is 6.71. The smallest absolute Gasteiger partial charge is 0.137 e. The second kappa shape index (κ2) is 15.2. The molecule has 0 bridgehead atoms. The number of furan rings is 1. The maximum Gasteiger partial charge on any atom is 0.137 e. The Bertz CT molecular complexity index is 3940. The van der Waals surface area contributed by atoms with Gasteiger partial charge in [-0.1, -0.05) is 176 Å². The van der Waals surface area contributed by atoms with Gasteiger partial charge >= 0.3 is 0 Å². The van der Waals surface area contributed by atoms with Crippen LogP contribution in [0.2, 0.25) is 0 Å². The highest BCUT2D eigenvalue weighted by atomic mass is 32.1. The van der Waals surface area contributed by atoms with Crippen LogP contribution in [0.25, 0.3) is 108 Å². The van der Waals surface area contributed by atoms with Crippen molar-refractivity contribution >= 4 is 92.1 Å². The fraction of sp³-hybridized carbons (Fsp3) is 0. The molecule has 0 spiro atoms. The Morgan fingerprint density at radius 1 is 0.323 bits per heavy atom. The summed E-state index contributed by atoms with van der Waals surface area (Å²) in [7, 11) is 0. The fourth-order valence-corrected chi connectivity index (χ4v) is 11.2. The maximum atomic E-state index is 6.71. The Hall–Kier alpha value is -8.24. The van der Waals surface area contributed by atoms with Gasteiger partial charge < -0.3 is 9.32 Å². The average molecular weight is 846 g/mol. The van der Waals surface area contributed by atoms with E-state index in [0.29, 0.717) is 0 Å². The van der Waals surface area contributed by atoms with Crippen molar-refractivity contribution in [2.24, 2.45) is 0 Å². The zero-order valence-corrected chi connectivity index (χ0v) is 36.1. The molecule has 0 unspecified atom stereocenters. The summed E-state index contributed by atoms with van der Waals surface area (Å²) in [5.74, 6) is 0. The van der Waals surface area contributed by atoms with Crippen molar-refractivity contribution < 1.29 is 4.42 Å². The summed E-state index contributed by atoms with van der Waals surface area (Å²) in [6.45, 7) is 0. The third kappa shape index (κ3) is 6.31. The second-order valence-corrected chi connectivity index (χ2v) is 17.9. The summed E-state index contributed by atoms with van der Waals surface area (Å²) >= 11 is 1.87. The van der Waals surface area contributed by atoms with Crippen LogP contribution in [0, 0.1) is 0 Å². The van der Waals surface area contributed by atoms with Crippen LogP contribution in [-0.4, -0.2) is 0 Å². The number of benzene rings is 11. The molecular weight excluding hydrogens is 807 g/mol. The molecule has 13 rings (SSSR count). The van der Waals surface area contributed by atoms with E-state index < -0.39 is 0 Å². The first-order valence-electron chi connectivity index (χ1n) is 22.1. The first-order valence-corrected chi connectivity index (χ1v) is 23.0. The van der Waals surface area contributed by atoms with E-state index in [1.165, 1.54) is 86.2 Å². The molecule has 0 aliphatic heterocycles. The van der Waals surface area contributed by atoms with Gasteiger partial charge in [0, 0.05) is 53.9 Å². The molecule has 0 saturated carbocycles. The van der Waals surface area contributed by atoms with E-state index in [2.05, 4.69) is 241 Å². The van der Waals surface area contributed by atoms with Gasteiger partial charge in [0.1, 0.15) is 11.2 Å². The van der Waals surface area contributed by atoms with E-state index in [0.717, 1.165) is 39.0 Å². The van der Waals surface area contributed by atoms with Gasteiger partial charge in [-0.15, -0.1) is 11.3 Å². The van der Waals surface area contributed by atoms with Gasteiger partial charge in [0.2, 0.25) is 0 Å². The number of anilines is 3. The van der Waals surface area contributed by atoms with Crippen molar-refractivity contribution in [3.8, 4) is 44.5 Å². The van der Waals surface area contributed by atoms with Gasteiger partial charge in [-0.2, -0.15) is 0 Å². The van der Waals surface area contributed by atoms with Gasteiger partial charge in [-0.05, 0) is 115 Å². The van der Waals surface area contributed by atoms with Crippen molar-refractivity contribution in [2.75, 3.05) is 4.90 Å². The molecule has 11 aromatic carbocycles. The predicted octanol–water partition coefficient (Wildman–Crippen LogP) is 18.4. The van der Waals surface area contributed by atoms with Crippen molar-refractivity contribution in [1.82, 2.24) is 0 Å². The van der Waals surface area contributed by atoms with Crippen molar-refractivity contribution in [3.63, 3.8) is 0 Å². The van der Waals surface area contributed by atoms with Gasteiger partial charge in [0.25, 0.3) is 0 Å². The van der Waals surface area contributed by atoms with Gasteiger partial charge in [-0.25, -0.2) is 0 Å². The largest absolute Gasteiger partial charge is 0.456 e. The van der Waals surface area contributed by atoms with Crippen LogP contribution in [-0.2, 0) is 0 Å². The number of thiophene rings is 1. The zero-order valence-electron chi connectivity index (χ0n) is 35.3. The number of hydrogen-bond donors (Lipinski definition) is 0. The minimum Gasteiger partial charge on any atom is -0.456 e. The minimum absolute atomic E-state index is 0.863. The highest BCUT2D eigenvalue weighted by molar-refractivity contribution is 7.26. The van der Waals surface area contributed by atoms with Crippen LogP contribution in [0.1, 0.15) is 0 Å². The summed E-state index contributed by atoms with van der Waals surface area (Å²) in [6.07, 6.45) is 0. The number of hydrogen-bond acceptors (Lipinski definition) is 3. The molecule has 13 aromatic rings. The van der Waals surface area contributed by atoms with Gasteiger partial charge in [0.15, 0.2) is 0 Å². The van der Waals surface area contributed by atoms with Crippen LogP contribution in [0.15, 0.2) is 241 Å². The molecule has 0 atom stereocenters. The highest BCUT2D eigenvalue weighted by Gasteiger charge is 2.22. The van der Waals surface area contributed by atoms with Gasteiger partial charge in [-0.3, -0.25) is 0 Å². The van der Waals surface area contributed by atoms with Crippen LogP contribution < -0.4 is 4.90 Å².